The number of aryl methyl sites for hydroxylation is 1. The van der Waals surface area contributed by atoms with Crippen LogP contribution in [0.2, 0.25) is 0 Å². The summed E-state index contributed by atoms with van der Waals surface area (Å²) in [6.07, 6.45) is 4.13. The zero-order valence-corrected chi connectivity index (χ0v) is 10.6. The number of benzene rings is 1. The average Bonchev–Trinajstić information content (AvgIpc) is 2.33. The second-order valence-corrected chi connectivity index (χ2v) is 5.10. The Labute approximate surface area is 103 Å². The summed E-state index contributed by atoms with van der Waals surface area (Å²) in [5.74, 6) is 1.38. The van der Waals surface area contributed by atoms with Crippen molar-refractivity contribution in [2.24, 2.45) is 5.92 Å². The van der Waals surface area contributed by atoms with Crippen LogP contribution in [0.25, 0.3) is 0 Å². The van der Waals surface area contributed by atoms with Gasteiger partial charge in [0.15, 0.2) is 0 Å². The van der Waals surface area contributed by atoms with E-state index in [4.69, 9.17) is 4.84 Å². The summed E-state index contributed by atoms with van der Waals surface area (Å²) < 4.78 is 0. The van der Waals surface area contributed by atoms with Crippen molar-refractivity contribution in [3.8, 4) is 5.75 Å². The third-order valence-electron chi connectivity index (χ3n) is 3.50. The zero-order chi connectivity index (χ0) is 12.3. The maximum absolute atomic E-state index is 11.9. The molecule has 0 aliphatic heterocycles. The van der Waals surface area contributed by atoms with Crippen molar-refractivity contribution in [2.45, 2.75) is 45.6 Å². The number of hydrogen-bond acceptors (Lipinski definition) is 3. The standard InChI is InChI=1S/C14H20NO2/c1-11-3-7-13(8-4-11)15(16)17-14-9-5-12(2)6-10-14/h5-6,9-11,13H,3-4,7-8H2,1-2H3/q-1. The molecular weight excluding hydrogens is 214 g/mol. The molecule has 17 heavy (non-hydrogen) atoms. The fourth-order valence-electron chi connectivity index (χ4n) is 2.23. The molecule has 3 nitrogen and oxygen atoms in total. The van der Waals surface area contributed by atoms with E-state index in [9.17, 15) is 5.21 Å². The Hall–Kier alpha value is -1.06. The van der Waals surface area contributed by atoms with Crippen LogP contribution < -0.4 is 4.84 Å². The fraction of sp³-hybridized carbons (Fsp3) is 0.571. The van der Waals surface area contributed by atoms with Crippen LogP contribution in [0.1, 0.15) is 38.2 Å². The van der Waals surface area contributed by atoms with Crippen molar-refractivity contribution in [2.75, 3.05) is 0 Å². The number of hydrogen-bond donors (Lipinski definition) is 0. The summed E-state index contributed by atoms with van der Waals surface area (Å²) in [4.78, 5) is 5.32. The monoisotopic (exact) mass is 234 g/mol. The predicted octanol–water partition coefficient (Wildman–Crippen LogP) is 3.67. The van der Waals surface area contributed by atoms with Gasteiger partial charge in [-0.05, 0) is 50.7 Å². The summed E-state index contributed by atoms with van der Waals surface area (Å²) in [6, 6.07) is 7.60. The highest BCUT2D eigenvalue weighted by molar-refractivity contribution is 5.26. The Morgan fingerprint density at radius 2 is 1.71 bits per heavy atom. The Morgan fingerprint density at radius 1 is 1.12 bits per heavy atom. The minimum Gasteiger partial charge on any atom is -0.752 e. The van der Waals surface area contributed by atoms with E-state index in [2.05, 4.69) is 6.92 Å². The van der Waals surface area contributed by atoms with Crippen molar-refractivity contribution >= 4 is 0 Å². The predicted molar refractivity (Wildman–Crippen MR) is 68.4 cm³/mol. The van der Waals surface area contributed by atoms with Crippen LogP contribution in [0.15, 0.2) is 24.3 Å². The number of rotatable bonds is 3. The molecule has 0 atom stereocenters. The van der Waals surface area contributed by atoms with Gasteiger partial charge in [-0.25, -0.2) is 5.23 Å². The van der Waals surface area contributed by atoms with Crippen molar-refractivity contribution in [1.29, 1.82) is 0 Å². The second kappa shape index (κ2) is 5.52. The first-order chi connectivity index (χ1) is 8.15. The molecule has 1 aliphatic rings. The first kappa shape index (κ1) is 12.4. The Kier molecular flexibility index (Phi) is 4.02. The third-order valence-corrected chi connectivity index (χ3v) is 3.50. The molecule has 2 rings (SSSR count). The fourth-order valence-corrected chi connectivity index (χ4v) is 2.23. The van der Waals surface area contributed by atoms with Gasteiger partial charge in [-0.1, -0.05) is 24.6 Å². The lowest BCUT2D eigenvalue weighted by atomic mass is 9.88. The van der Waals surface area contributed by atoms with E-state index in [1.807, 2.05) is 31.2 Å². The van der Waals surface area contributed by atoms with Crippen LogP contribution in [0.3, 0.4) is 0 Å². The van der Waals surface area contributed by atoms with Crippen molar-refractivity contribution in [3.63, 3.8) is 0 Å². The lowest BCUT2D eigenvalue weighted by Crippen LogP contribution is -2.35. The van der Waals surface area contributed by atoms with Crippen molar-refractivity contribution < 1.29 is 4.84 Å². The molecule has 0 saturated heterocycles. The van der Waals surface area contributed by atoms with E-state index in [-0.39, 0.29) is 6.04 Å². The molecule has 0 amide bonds. The molecule has 0 heterocycles. The molecule has 0 spiro atoms. The lowest BCUT2D eigenvalue weighted by molar-refractivity contribution is -0.0613. The molecule has 1 aromatic carbocycles. The Morgan fingerprint density at radius 3 is 2.29 bits per heavy atom. The van der Waals surface area contributed by atoms with E-state index in [0.29, 0.717) is 5.75 Å². The maximum atomic E-state index is 11.9. The molecule has 0 radical (unpaired) electrons. The summed E-state index contributed by atoms with van der Waals surface area (Å²) in [5, 5.41) is 12.6. The van der Waals surface area contributed by atoms with E-state index in [1.54, 1.807) is 0 Å². The highest BCUT2D eigenvalue weighted by Crippen LogP contribution is 2.27. The second-order valence-electron chi connectivity index (χ2n) is 5.10. The van der Waals surface area contributed by atoms with Crippen LogP contribution in [-0.2, 0) is 0 Å². The normalized spacial score (nSPS) is 24.9. The SMILES string of the molecule is Cc1ccc(ON([O-])C2CCC(C)CC2)cc1. The largest absolute Gasteiger partial charge is 0.752 e. The highest BCUT2D eigenvalue weighted by Gasteiger charge is 2.20. The Balaban J connectivity index is 1.88. The van der Waals surface area contributed by atoms with Gasteiger partial charge in [-0.2, -0.15) is 0 Å². The minimum atomic E-state index is 0.0208. The molecule has 1 aromatic rings. The van der Waals surface area contributed by atoms with Crippen molar-refractivity contribution in [3.05, 3.63) is 35.0 Å². The van der Waals surface area contributed by atoms with Crippen LogP contribution in [-0.4, -0.2) is 11.3 Å². The van der Waals surface area contributed by atoms with E-state index in [1.165, 1.54) is 5.56 Å². The van der Waals surface area contributed by atoms with Crippen LogP contribution >= 0.6 is 0 Å². The number of nitrogens with zero attached hydrogens (tertiary/aromatic N) is 1. The van der Waals surface area contributed by atoms with Gasteiger partial charge in [0.05, 0.1) is 0 Å². The highest BCUT2D eigenvalue weighted by atomic mass is 16.9. The Bertz CT molecular complexity index is 342. The first-order valence-corrected chi connectivity index (χ1v) is 6.36. The quantitative estimate of drug-likeness (QED) is 0.748. The molecule has 94 valence electrons. The zero-order valence-electron chi connectivity index (χ0n) is 10.6. The van der Waals surface area contributed by atoms with Gasteiger partial charge in [0, 0.05) is 6.04 Å². The van der Waals surface area contributed by atoms with Gasteiger partial charge in [0.25, 0.3) is 0 Å². The van der Waals surface area contributed by atoms with E-state index >= 15 is 0 Å². The summed E-state index contributed by atoms with van der Waals surface area (Å²) >= 11 is 0. The molecular formula is C14H20NO2-. The van der Waals surface area contributed by atoms with Gasteiger partial charge < -0.3 is 10.0 Å². The van der Waals surface area contributed by atoms with Gasteiger partial charge >= 0.3 is 0 Å². The lowest BCUT2D eigenvalue weighted by Gasteiger charge is -2.39. The molecule has 1 fully saturated rings. The molecule has 0 unspecified atom stereocenters. The third kappa shape index (κ3) is 3.45. The van der Waals surface area contributed by atoms with Crippen LogP contribution in [0, 0.1) is 18.0 Å². The van der Waals surface area contributed by atoms with Gasteiger partial charge in [-0.15, -0.1) is 0 Å². The molecule has 0 aromatic heterocycles. The number of hydroxylamine groups is 2. The smallest absolute Gasteiger partial charge is 0.146 e. The van der Waals surface area contributed by atoms with Crippen LogP contribution in [0.4, 0.5) is 0 Å². The molecule has 0 bridgehead atoms. The summed E-state index contributed by atoms with van der Waals surface area (Å²) in [7, 11) is 0. The van der Waals surface area contributed by atoms with Gasteiger partial charge in [0.2, 0.25) is 0 Å². The van der Waals surface area contributed by atoms with E-state index < -0.39 is 0 Å². The summed E-state index contributed by atoms with van der Waals surface area (Å²) in [6.45, 7) is 4.26. The topological polar surface area (TPSA) is 35.5 Å². The maximum Gasteiger partial charge on any atom is 0.146 e. The van der Waals surface area contributed by atoms with Crippen LogP contribution in [0.5, 0.6) is 5.75 Å². The molecule has 3 heteroatoms. The molecule has 1 aliphatic carbocycles. The van der Waals surface area contributed by atoms with E-state index in [0.717, 1.165) is 36.8 Å². The van der Waals surface area contributed by atoms with Gasteiger partial charge in [0.1, 0.15) is 5.75 Å². The van der Waals surface area contributed by atoms with Crippen molar-refractivity contribution in [1.82, 2.24) is 5.23 Å². The minimum absolute atomic E-state index is 0.0208. The first-order valence-electron chi connectivity index (χ1n) is 6.36. The molecule has 1 saturated carbocycles. The molecule has 0 N–H and O–H groups in total. The van der Waals surface area contributed by atoms with Gasteiger partial charge in [-0.3, -0.25) is 0 Å². The summed E-state index contributed by atoms with van der Waals surface area (Å²) in [5.41, 5.74) is 1.17. The average molecular weight is 234 g/mol.